The van der Waals surface area contributed by atoms with Crippen LogP contribution in [-0.2, 0) is 40.6 Å². The maximum atomic E-state index is 12.9. The summed E-state index contributed by atoms with van der Waals surface area (Å²) in [5.41, 5.74) is 0.773. The Labute approximate surface area is 421 Å². The molecule has 5 nitrogen and oxygen atoms in total. The maximum absolute atomic E-state index is 12.9. The number of hydrogen-bond donors (Lipinski definition) is 1. The normalized spacial score (nSPS) is 16.7. The van der Waals surface area contributed by atoms with Crippen molar-refractivity contribution in [1.82, 2.24) is 4.72 Å². The number of hydrogen-bond acceptors (Lipinski definition) is 4. The van der Waals surface area contributed by atoms with Crippen molar-refractivity contribution in [2.45, 2.75) is 285 Å². The van der Waals surface area contributed by atoms with Gasteiger partial charge in [-0.3, -0.25) is 0 Å². The van der Waals surface area contributed by atoms with Crippen LogP contribution >= 0.6 is 0 Å². The third-order valence-electron chi connectivity index (χ3n) is 10.6. The quantitative estimate of drug-likeness (QED) is 0.120. The minimum Gasteiger partial charge on any atom is -0.370 e. The fourth-order valence-corrected chi connectivity index (χ4v) is 4.75. The molecular formula is C54H117BF2NO4SW. The van der Waals surface area contributed by atoms with E-state index in [-0.39, 0.29) is 61.6 Å². The van der Waals surface area contributed by atoms with Crippen LogP contribution in [0.4, 0.5) is 8.78 Å². The van der Waals surface area contributed by atoms with Crippen LogP contribution in [0.1, 0.15) is 245 Å². The van der Waals surface area contributed by atoms with Crippen molar-refractivity contribution in [3.63, 3.8) is 0 Å². The molecule has 0 unspecified atom stereocenters. The summed E-state index contributed by atoms with van der Waals surface area (Å²) in [5, 5.41) is 0. The van der Waals surface area contributed by atoms with Crippen molar-refractivity contribution in [3.05, 3.63) is 27.0 Å². The van der Waals surface area contributed by atoms with Crippen LogP contribution in [0.15, 0.2) is 12.2 Å². The fraction of sp³-hybridized carbons (Fsp3) is 0.926. The van der Waals surface area contributed by atoms with E-state index < -0.39 is 26.6 Å². The first-order valence-corrected chi connectivity index (χ1v) is 25.4. The van der Waals surface area contributed by atoms with Crippen molar-refractivity contribution < 1.29 is 47.7 Å². The van der Waals surface area contributed by atoms with E-state index in [1.807, 2.05) is 27.7 Å². The average molecular weight is 1110 g/mol. The van der Waals surface area contributed by atoms with Gasteiger partial charge in [0, 0.05) is 20.4 Å². The van der Waals surface area contributed by atoms with E-state index in [4.69, 9.17) is 9.47 Å². The zero-order chi connectivity index (χ0) is 49.3. The number of alkyl halides is 2. The summed E-state index contributed by atoms with van der Waals surface area (Å²) in [5.74, 6) is -0.153. The molecule has 0 spiro atoms. The second-order valence-electron chi connectivity index (χ2n) is 23.6. The summed E-state index contributed by atoms with van der Waals surface area (Å²) in [4.78, 5) is 0. The molecule has 3 radical (unpaired) electrons. The molecular weight excluding hydrogens is 991 g/mol. The molecule has 0 aromatic rings. The van der Waals surface area contributed by atoms with E-state index in [1.165, 1.54) is 33.1 Å². The van der Waals surface area contributed by atoms with Crippen LogP contribution in [0.3, 0.4) is 0 Å². The number of allylic oxidation sites excluding steroid dienone is 2. The van der Waals surface area contributed by atoms with Crippen molar-refractivity contribution >= 4 is 18.4 Å². The van der Waals surface area contributed by atoms with Gasteiger partial charge in [-0.25, -0.2) is 21.9 Å². The number of nitrogens with one attached hydrogen (secondary N) is 1. The van der Waals surface area contributed by atoms with E-state index in [2.05, 4.69) is 150 Å². The topological polar surface area (TPSA) is 64.6 Å². The van der Waals surface area contributed by atoms with Gasteiger partial charge in [-0.05, 0) is 135 Å². The summed E-state index contributed by atoms with van der Waals surface area (Å²) >= 11 is 0. The Morgan fingerprint density at radius 2 is 0.875 bits per heavy atom. The monoisotopic (exact) mass is 1110 g/mol. The third kappa shape index (κ3) is 53.1. The van der Waals surface area contributed by atoms with Gasteiger partial charge in [-0.1, -0.05) is 157 Å². The molecule has 2 fully saturated rings. The molecule has 0 bridgehead atoms. The van der Waals surface area contributed by atoms with E-state index in [9.17, 15) is 17.2 Å². The average Bonchev–Trinajstić information content (AvgIpc) is 3.80. The molecule has 64 heavy (non-hydrogen) atoms. The second kappa shape index (κ2) is 39.0. The predicted molar refractivity (Wildman–Crippen MR) is 285 cm³/mol. The smallest absolute Gasteiger partial charge is 0.370 e. The Hall–Kier alpha value is 0.183. The van der Waals surface area contributed by atoms with Crippen LogP contribution in [-0.4, -0.2) is 57.0 Å². The number of halogens is 2. The van der Waals surface area contributed by atoms with Gasteiger partial charge in [0.05, 0.1) is 28.2 Å². The van der Waals surface area contributed by atoms with Crippen molar-refractivity contribution in [1.29, 1.82) is 0 Å². The standard InChI is InChI=1S/C12H24O2.C10H18F2.C8H18.C7H15NO2S.3C5H12.2CH3.B.W/c1-11(2,3)13-9-7-8-10(9)14-12(4,5)6;1-8(2)6-5-7-10(11,12)9(3)4;1-7(2,3)8(4,5)6;1-6(2)8-11(9,10)7(3)4-5-7;3*1-4-5(2)3;;;;/h9-10H,7-8H2,1-6H3;5,7-9H,6H2,1-4H3;1-6H3;6,8H,4-5H2,1-3H3;3*5H,4H2,1-3H3;2*1H3;;/q;;;;;;;2*-1;;+2/b;7-5+;;;;;;;;;/t9-,10-;;;;;;;;;;/m1........../s1. The fourth-order valence-electron chi connectivity index (χ4n) is 3.20. The molecule has 2 rings (SSSR count). The number of rotatable bonds is 12. The van der Waals surface area contributed by atoms with Crippen LogP contribution in [0.5, 0.6) is 0 Å². The summed E-state index contributed by atoms with van der Waals surface area (Å²) in [6.07, 6.45) is 11.7. The van der Waals surface area contributed by atoms with E-state index >= 15 is 0 Å². The molecule has 10 heteroatoms. The van der Waals surface area contributed by atoms with E-state index in [0.717, 1.165) is 55.9 Å². The maximum Gasteiger partial charge on any atom is 2.00 e. The van der Waals surface area contributed by atoms with Gasteiger partial charge in [0.25, 0.3) is 5.92 Å². The van der Waals surface area contributed by atoms with Crippen molar-refractivity contribution in [2.24, 2.45) is 40.4 Å². The van der Waals surface area contributed by atoms with Gasteiger partial charge >= 0.3 is 21.1 Å². The molecule has 2 saturated carbocycles. The second-order valence-corrected chi connectivity index (χ2v) is 25.8. The zero-order valence-corrected chi connectivity index (χ0v) is 52.5. The summed E-state index contributed by atoms with van der Waals surface area (Å²) in [7, 11) is -3.04. The Balaban J connectivity index is -0.0000000807. The summed E-state index contributed by atoms with van der Waals surface area (Å²) in [6, 6.07) is 0.0115. The minimum absolute atomic E-state index is 0. The van der Waals surface area contributed by atoms with E-state index in [1.54, 1.807) is 13.0 Å². The Bertz CT molecular complexity index is 1100. The van der Waals surface area contributed by atoms with Crippen LogP contribution < -0.4 is 4.72 Å². The summed E-state index contributed by atoms with van der Waals surface area (Å²) < 4.78 is 62.6. The first-order valence-electron chi connectivity index (χ1n) is 23.9. The molecule has 1 N–H and O–H groups in total. The largest absolute Gasteiger partial charge is 2.00 e. The molecule has 2 aliphatic carbocycles. The minimum atomic E-state index is -3.04. The molecule has 2 atom stereocenters. The third-order valence-corrected chi connectivity index (χ3v) is 13.1. The molecule has 0 aliphatic heterocycles. The Morgan fingerprint density at radius 3 is 1.02 bits per heavy atom. The first kappa shape index (κ1) is 84.1. The van der Waals surface area contributed by atoms with Gasteiger partial charge in [-0.2, -0.15) is 0 Å². The molecule has 0 heterocycles. The van der Waals surface area contributed by atoms with Gasteiger partial charge < -0.3 is 24.3 Å². The van der Waals surface area contributed by atoms with Crippen molar-refractivity contribution in [3.8, 4) is 0 Å². The van der Waals surface area contributed by atoms with Gasteiger partial charge in [0.15, 0.2) is 0 Å². The molecule has 2 aliphatic rings. The molecule has 0 amide bonds. The SMILES string of the molecule is CC(C)(C)C(C)(C)C.CC(C)(C)O[C@@H]1CC[C@H]1OC(C)(C)C.CC(C)C/C=C/C(F)(F)C(C)C.CC(C)NS(=O)(=O)C1(C)CC1.CCC(C)C.CCC(C)C.CCC(C)C.[B].[CH3-].[CH3-].[W+2]. The number of ether oxygens (including phenoxy) is 2. The Kier molecular flexibility index (Phi) is 51.2. The molecule has 0 saturated heterocycles. The van der Waals surface area contributed by atoms with Gasteiger partial charge in [-0.15, -0.1) is 0 Å². The first-order chi connectivity index (χ1) is 26.5. The predicted octanol–water partition coefficient (Wildman–Crippen LogP) is 17.6. The van der Waals surface area contributed by atoms with Crippen molar-refractivity contribution in [2.75, 3.05) is 0 Å². The Morgan fingerprint density at radius 1 is 0.609 bits per heavy atom. The molecule has 391 valence electrons. The summed E-state index contributed by atoms with van der Waals surface area (Å²) in [6.45, 7) is 58.7. The zero-order valence-electron chi connectivity index (χ0n) is 48.7. The van der Waals surface area contributed by atoms with Gasteiger partial charge in [0.2, 0.25) is 10.0 Å². The van der Waals surface area contributed by atoms with Crippen LogP contribution in [0, 0.1) is 55.3 Å². The molecule has 0 aromatic carbocycles. The molecule has 0 aromatic heterocycles. The van der Waals surface area contributed by atoms with E-state index in [0.29, 0.717) is 29.0 Å². The van der Waals surface area contributed by atoms with Crippen LogP contribution in [0.2, 0.25) is 0 Å². The van der Waals surface area contributed by atoms with Gasteiger partial charge in [0.1, 0.15) is 0 Å². The van der Waals surface area contributed by atoms with Crippen LogP contribution in [0.25, 0.3) is 0 Å². The number of sulfonamides is 1.